The lowest BCUT2D eigenvalue weighted by Gasteiger charge is -2.21. The Morgan fingerprint density at radius 3 is 2.88 bits per heavy atom. The van der Waals surface area contributed by atoms with Crippen LogP contribution in [-0.2, 0) is 6.54 Å². The number of aliphatic hydroxyl groups is 1. The van der Waals surface area contributed by atoms with Crippen molar-refractivity contribution in [3.8, 4) is 0 Å². The fourth-order valence-corrected chi connectivity index (χ4v) is 1.76. The maximum Gasteiger partial charge on any atom is 0.130 e. The second kappa shape index (κ2) is 7.19. The molecule has 0 unspecified atom stereocenters. The second-order valence-electron chi connectivity index (χ2n) is 3.76. The number of hydrogen-bond acceptors (Lipinski definition) is 4. The first kappa shape index (κ1) is 12.9. The van der Waals surface area contributed by atoms with E-state index in [-0.39, 0.29) is 6.61 Å². The number of nitrogens with one attached hydrogen (secondary N) is 1. The Balaban J connectivity index is 2.67. The molecule has 0 atom stereocenters. The van der Waals surface area contributed by atoms with Crippen molar-refractivity contribution in [2.24, 2.45) is 0 Å². The molecule has 0 aromatic carbocycles. The molecule has 0 amide bonds. The van der Waals surface area contributed by atoms with E-state index in [0.29, 0.717) is 6.54 Å². The molecule has 1 aromatic rings. The van der Waals surface area contributed by atoms with Crippen LogP contribution in [-0.4, -0.2) is 41.7 Å². The molecular formula is C12H21N3O. The van der Waals surface area contributed by atoms with Crippen molar-refractivity contribution < 1.29 is 5.11 Å². The Bertz CT molecular complexity index is 298. The second-order valence-corrected chi connectivity index (χ2v) is 3.76. The summed E-state index contributed by atoms with van der Waals surface area (Å²) in [7, 11) is 1.88. The molecule has 90 valence electrons. The van der Waals surface area contributed by atoms with E-state index < -0.39 is 0 Å². The van der Waals surface area contributed by atoms with E-state index in [0.717, 1.165) is 25.3 Å². The lowest BCUT2D eigenvalue weighted by Crippen LogP contribution is -2.27. The van der Waals surface area contributed by atoms with Crippen LogP contribution in [0, 0.1) is 0 Å². The third kappa shape index (κ3) is 3.79. The Kier molecular flexibility index (Phi) is 5.82. The van der Waals surface area contributed by atoms with Gasteiger partial charge in [-0.3, -0.25) is 4.90 Å². The minimum absolute atomic E-state index is 0.204. The minimum atomic E-state index is 0.204. The summed E-state index contributed by atoms with van der Waals surface area (Å²) in [5.74, 6) is 0.918. The van der Waals surface area contributed by atoms with E-state index in [1.54, 1.807) is 6.20 Å². The van der Waals surface area contributed by atoms with Crippen molar-refractivity contribution in [3.63, 3.8) is 0 Å². The van der Waals surface area contributed by atoms with Gasteiger partial charge < -0.3 is 10.4 Å². The summed E-state index contributed by atoms with van der Waals surface area (Å²) in [6.07, 6.45) is 2.88. The predicted molar refractivity (Wildman–Crippen MR) is 66.4 cm³/mol. The Labute approximate surface area is 97.3 Å². The van der Waals surface area contributed by atoms with Gasteiger partial charge in [-0.25, -0.2) is 4.98 Å². The number of nitrogens with zero attached hydrogens (tertiary/aromatic N) is 2. The van der Waals surface area contributed by atoms with Gasteiger partial charge in [0, 0.05) is 31.9 Å². The molecule has 1 rings (SSSR count). The highest BCUT2D eigenvalue weighted by Crippen LogP contribution is 2.13. The van der Waals surface area contributed by atoms with Gasteiger partial charge in [-0.2, -0.15) is 0 Å². The van der Waals surface area contributed by atoms with Gasteiger partial charge in [-0.1, -0.05) is 13.0 Å². The quantitative estimate of drug-likeness (QED) is 0.732. The summed E-state index contributed by atoms with van der Waals surface area (Å²) < 4.78 is 0. The van der Waals surface area contributed by atoms with Gasteiger partial charge in [0.15, 0.2) is 0 Å². The lowest BCUT2D eigenvalue weighted by molar-refractivity contribution is 0.190. The number of hydrogen-bond donors (Lipinski definition) is 2. The molecular weight excluding hydrogens is 202 g/mol. The molecule has 0 saturated heterocycles. The average Bonchev–Trinajstić information content (AvgIpc) is 2.30. The summed E-state index contributed by atoms with van der Waals surface area (Å²) in [5.41, 5.74) is 1.17. The molecule has 2 N–H and O–H groups in total. The van der Waals surface area contributed by atoms with Crippen molar-refractivity contribution >= 4 is 5.82 Å². The van der Waals surface area contributed by atoms with Gasteiger partial charge >= 0.3 is 0 Å². The Morgan fingerprint density at radius 2 is 2.25 bits per heavy atom. The number of pyridine rings is 1. The summed E-state index contributed by atoms with van der Waals surface area (Å²) in [5, 5.41) is 12.1. The van der Waals surface area contributed by atoms with E-state index in [2.05, 4.69) is 28.2 Å². The van der Waals surface area contributed by atoms with Crippen LogP contribution in [0.1, 0.15) is 18.9 Å². The van der Waals surface area contributed by atoms with Gasteiger partial charge in [0.1, 0.15) is 5.82 Å². The van der Waals surface area contributed by atoms with Crippen molar-refractivity contribution in [2.45, 2.75) is 19.9 Å². The molecule has 1 aromatic heterocycles. The summed E-state index contributed by atoms with van der Waals surface area (Å²) in [4.78, 5) is 6.50. The third-order valence-electron chi connectivity index (χ3n) is 2.48. The van der Waals surface area contributed by atoms with Gasteiger partial charge in [0.2, 0.25) is 0 Å². The van der Waals surface area contributed by atoms with Gasteiger partial charge in [0.05, 0.1) is 6.61 Å². The smallest absolute Gasteiger partial charge is 0.130 e. The van der Waals surface area contributed by atoms with Crippen LogP contribution in [0.5, 0.6) is 0 Å². The van der Waals surface area contributed by atoms with Crippen LogP contribution in [0.4, 0.5) is 5.82 Å². The third-order valence-corrected chi connectivity index (χ3v) is 2.48. The number of aliphatic hydroxyl groups excluding tert-OH is 1. The Morgan fingerprint density at radius 1 is 1.44 bits per heavy atom. The summed E-state index contributed by atoms with van der Waals surface area (Å²) in [6, 6.07) is 4.01. The van der Waals surface area contributed by atoms with E-state index >= 15 is 0 Å². The maximum absolute atomic E-state index is 8.99. The number of anilines is 1. The molecule has 0 aliphatic rings. The topological polar surface area (TPSA) is 48.4 Å². The van der Waals surface area contributed by atoms with Gasteiger partial charge in [-0.15, -0.1) is 0 Å². The average molecular weight is 223 g/mol. The van der Waals surface area contributed by atoms with Crippen LogP contribution in [0.25, 0.3) is 0 Å². The van der Waals surface area contributed by atoms with Crippen LogP contribution in [0.3, 0.4) is 0 Å². The fourth-order valence-electron chi connectivity index (χ4n) is 1.76. The van der Waals surface area contributed by atoms with E-state index in [4.69, 9.17) is 5.11 Å². The highest BCUT2D eigenvalue weighted by molar-refractivity contribution is 5.42. The first-order valence-corrected chi connectivity index (χ1v) is 5.76. The Hall–Kier alpha value is -1.13. The molecule has 4 nitrogen and oxygen atoms in total. The molecule has 0 saturated carbocycles. The molecule has 4 heteroatoms. The molecule has 0 aliphatic carbocycles. The fraction of sp³-hybridized carbons (Fsp3) is 0.583. The lowest BCUT2D eigenvalue weighted by atomic mass is 10.2. The molecule has 0 bridgehead atoms. The molecule has 1 heterocycles. The zero-order valence-electron chi connectivity index (χ0n) is 10.1. The molecule has 16 heavy (non-hydrogen) atoms. The zero-order valence-corrected chi connectivity index (χ0v) is 10.1. The van der Waals surface area contributed by atoms with Crippen LogP contribution < -0.4 is 5.32 Å². The van der Waals surface area contributed by atoms with Crippen LogP contribution in [0.15, 0.2) is 18.3 Å². The van der Waals surface area contributed by atoms with E-state index in [1.165, 1.54) is 5.56 Å². The van der Waals surface area contributed by atoms with Gasteiger partial charge in [0.25, 0.3) is 0 Å². The standard InChI is InChI=1S/C12H21N3O/c1-3-7-15(8-9-16)10-11-5-4-6-14-12(11)13-2/h4-6,16H,3,7-10H2,1-2H3,(H,13,14). The van der Waals surface area contributed by atoms with Crippen molar-refractivity contribution in [1.29, 1.82) is 0 Å². The maximum atomic E-state index is 8.99. The highest BCUT2D eigenvalue weighted by Gasteiger charge is 2.07. The minimum Gasteiger partial charge on any atom is -0.395 e. The molecule has 0 radical (unpaired) electrons. The van der Waals surface area contributed by atoms with Crippen molar-refractivity contribution in [2.75, 3.05) is 32.1 Å². The first-order chi connectivity index (χ1) is 7.81. The normalized spacial score (nSPS) is 10.8. The SMILES string of the molecule is CCCN(CCO)Cc1cccnc1NC. The summed E-state index contributed by atoms with van der Waals surface area (Å²) in [6.45, 7) is 4.89. The van der Waals surface area contributed by atoms with Crippen LogP contribution in [0.2, 0.25) is 0 Å². The zero-order chi connectivity index (χ0) is 11.8. The monoisotopic (exact) mass is 223 g/mol. The largest absolute Gasteiger partial charge is 0.395 e. The van der Waals surface area contributed by atoms with Crippen molar-refractivity contribution in [3.05, 3.63) is 23.9 Å². The van der Waals surface area contributed by atoms with Crippen LogP contribution >= 0.6 is 0 Å². The molecule has 0 aliphatic heterocycles. The number of rotatable bonds is 7. The highest BCUT2D eigenvalue weighted by atomic mass is 16.3. The number of aromatic nitrogens is 1. The predicted octanol–water partition coefficient (Wildman–Crippen LogP) is 1.33. The first-order valence-electron chi connectivity index (χ1n) is 5.76. The summed E-state index contributed by atoms with van der Waals surface area (Å²) >= 11 is 0. The van der Waals surface area contributed by atoms with E-state index in [9.17, 15) is 0 Å². The van der Waals surface area contributed by atoms with E-state index in [1.807, 2.05) is 13.1 Å². The van der Waals surface area contributed by atoms with Crippen molar-refractivity contribution in [1.82, 2.24) is 9.88 Å². The molecule has 0 fully saturated rings. The molecule has 0 spiro atoms. The van der Waals surface area contributed by atoms with Gasteiger partial charge in [-0.05, 0) is 19.0 Å².